The van der Waals surface area contributed by atoms with Crippen LogP contribution in [-0.4, -0.2) is 23.5 Å². The number of anilines is 1. The van der Waals surface area contributed by atoms with Gasteiger partial charge in [0.15, 0.2) is 0 Å². The quantitative estimate of drug-likeness (QED) is 0.252. The standard InChI is InChI=1S/C29H27BrN2O3S/c1-2-35-29(34)26-21-10-5-3-4-6-12-25(21)36-28(26)32-27(33)22-17-24(18-13-15-19(30)16-14-18)31-23-11-8-7-9-20(22)23/h7-9,11,13-17H,2-6,10,12H2,1H3,(H,32,33). The topological polar surface area (TPSA) is 68.3 Å². The van der Waals surface area contributed by atoms with E-state index >= 15 is 0 Å². The maximum atomic E-state index is 13.8. The number of hydrogen-bond acceptors (Lipinski definition) is 5. The van der Waals surface area contributed by atoms with E-state index in [-0.39, 0.29) is 11.9 Å². The van der Waals surface area contributed by atoms with E-state index < -0.39 is 0 Å². The summed E-state index contributed by atoms with van der Waals surface area (Å²) in [7, 11) is 0. The first kappa shape index (κ1) is 24.7. The molecule has 1 amide bonds. The molecule has 2 aromatic heterocycles. The van der Waals surface area contributed by atoms with Gasteiger partial charge in [0.1, 0.15) is 5.00 Å². The normalized spacial score (nSPS) is 13.5. The third kappa shape index (κ3) is 5.08. The van der Waals surface area contributed by atoms with Crippen LogP contribution in [0.4, 0.5) is 5.00 Å². The number of benzene rings is 2. The first-order valence-corrected chi connectivity index (χ1v) is 13.9. The minimum absolute atomic E-state index is 0.258. The maximum absolute atomic E-state index is 13.8. The van der Waals surface area contributed by atoms with Gasteiger partial charge in [0.25, 0.3) is 5.91 Å². The van der Waals surface area contributed by atoms with Gasteiger partial charge in [0.05, 0.1) is 28.9 Å². The molecular weight excluding hydrogens is 536 g/mol. The van der Waals surface area contributed by atoms with Crippen LogP contribution in [0, 0.1) is 0 Å². The highest BCUT2D eigenvalue weighted by atomic mass is 79.9. The van der Waals surface area contributed by atoms with E-state index in [1.807, 2.05) is 54.6 Å². The Hall–Kier alpha value is -3.03. The van der Waals surface area contributed by atoms with Crippen LogP contribution in [0.2, 0.25) is 0 Å². The van der Waals surface area contributed by atoms with Crippen LogP contribution in [0.15, 0.2) is 59.1 Å². The molecule has 0 fully saturated rings. The summed E-state index contributed by atoms with van der Waals surface area (Å²) < 4.78 is 6.39. The second-order valence-corrected chi connectivity index (χ2v) is 10.9. The molecule has 0 radical (unpaired) electrons. The van der Waals surface area contributed by atoms with Crippen LogP contribution in [-0.2, 0) is 17.6 Å². The van der Waals surface area contributed by atoms with Crippen molar-refractivity contribution >= 4 is 55.0 Å². The van der Waals surface area contributed by atoms with E-state index in [1.54, 1.807) is 6.92 Å². The number of hydrogen-bond donors (Lipinski definition) is 1. The van der Waals surface area contributed by atoms with Crippen LogP contribution >= 0.6 is 27.3 Å². The molecule has 0 atom stereocenters. The summed E-state index contributed by atoms with van der Waals surface area (Å²) in [6, 6.07) is 17.3. The molecule has 5 nitrogen and oxygen atoms in total. The monoisotopic (exact) mass is 562 g/mol. The molecule has 7 heteroatoms. The van der Waals surface area contributed by atoms with Crippen molar-refractivity contribution in [2.45, 2.75) is 45.4 Å². The number of aryl methyl sites for hydroxylation is 1. The van der Waals surface area contributed by atoms with Crippen molar-refractivity contribution in [2.75, 3.05) is 11.9 Å². The van der Waals surface area contributed by atoms with E-state index in [9.17, 15) is 9.59 Å². The number of nitrogens with one attached hydrogen (secondary N) is 1. The second-order valence-electron chi connectivity index (χ2n) is 8.88. The highest BCUT2D eigenvalue weighted by molar-refractivity contribution is 9.10. The molecule has 1 aliphatic rings. The lowest BCUT2D eigenvalue weighted by Crippen LogP contribution is -2.16. The second kappa shape index (κ2) is 10.9. The average molecular weight is 564 g/mol. The molecule has 5 rings (SSSR count). The Bertz CT molecular complexity index is 1430. The Kier molecular flexibility index (Phi) is 7.48. The number of nitrogens with zero attached hydrogens (tertiary/aromatic N) is 1. The first-order valence-electron chi connectivity index (χ1n) is 12.3. The fourth-order valence-electron chi connectivity index (χ4n) is 4.73. The summed E-state index contributed by atoms with van der Waals surface area (Å²) in [6.07, 6.45) is 6.23. The number of fused-ring (bicyclic) bond motifs is 2. The van der Waals surface area contributed by atoms with Gasteiger partial charge < -0.3 is 10.1 Å². The van der Waals surface area contributed by atoms with Crippen LogP contribution < -0.4 is 5.32 Å². The van der Waals surface area contributed by atoms with Crippen molar-refractivity contribution in [1.82, 2.24) is 4.98 Å². The lowest BCUT2D eigenvalue weighted by molar-refractivity contribution is 0.0526. The van der Waals surface area contributed by atoms with Gasteiger partial charge >= 0.3 is 5.97 Å². The summed E-state index contributed by atoms with van der Waals surface area (Å²) in [5, 5.41) is 4.43. The van der Waals surface area contributed by atoms with Crippen LogP contribution in [0.5, 0.6) is 0 Å². The van der Waals surface area contributed by atoms with Gasteiger partial charge in [0, 0.05) is 20.3 Å². The van der Waals surface area contributed by atoms with Crippen molar-refractivity contribution in [3.05, 3.63) is 80.6 Å². The lowest BCUT2D eigenvalue weighted by Gasteiger charge is -2.12. The molecule has 0 unspecified atom stereocenters. The fraction of sp³-hybridized carbons (Fsp3) is 0.276. The highest BCUT2D eigenvalue weighted by Gasteiger charge is 2.27. The summed E-state index contributed by atoms with van der Waals surface area (Å²) in [5.74, 6) is -0.618. The van der Waals surface area contributed by atoms with Crippen LogP contribution in [0.1, 0.15) is 63.8 Å². The fourth-order valence-corrected chi connectivity index (χ4v) is 6.27. The zero-order valence-corrected chi connectivity index (χ0v) is 22.5. The molecule has 1 aliphatic carbocycles. The lowest BCUT2D eigenvalue weighted by atomic mass is 9.96. The molecular formula is C29H27BrN2O3S. The number of halogens is 1. The van der Waals surface area contributed by atoms with E-state index in [2.05, 4.69) is 21.2 Å². The summed E-state index contributed by atoms with van der Waals surface area (Å²) in [5.41, 5.74) is 4.48. The molecule has 36 heavy (non-hydrogen) atoms. The summed E-state index contributed by atoms with van der Waals surface area (Å²) in [4.78, 5) is 32.8. The first-order chi connectivity index (χ1) is 17.5. The van der Waals surface area contributed by atoms with Gasteiger partial charge in [-0.15, -0.1) is 11.3 Å². The third-order valence-corrected chi connectivity index (χ3v) is 8.21. The number of aromatic nitrogens is 1. The minimum Gasteiger partial charge on any atom is -0.462 e. The van der Waals surface area contributed by atoms with Crippen molar-refractivity contribution in [3.8, 4) is 11.3 Å². The van der Waals surface area contributed by atoms with Gasteiger partial charge in [-0.3, -0.25) is 4.79 Å². The molecule has 0 saturated carbocycles. The van der Waals surface area contributed by atoms with E-state index in [0.717, 1.165) is 64.3 Å². The van der Waals surface area contributed by atoms with Crippen molar-refractivity contribution in [2.24, 2.45) is 0 Å². The predicted octanol–water partition coefficient (Wildman–Crippen LogP) is 7.81. The van der Waals surface area contributed by atoms with E-state index in [1.165, 1.54) is 22.6 Å². The highest BCUT2D eigenvalue weighted by Crippen LogP contribution is 2.38. The number of amides is 1. The third-order valence-electron chi connectivity index (χ3n) is 6.48. The number of ether oxygens (including phenoxy) is 1. The van der Waals surface area contributed by atoms with Crippen molar-refractivity contribution in [1.29, 1.82) is 0 Å². The zero-order chi connectivity index (χ0) is 25.1. The molecule has 0 aliphatic heterocycles. The molecule has 2 aromatic carbocycles. The molecule has 1 N–H and O–H groups in total. The molecule has 0 spiro atoms. The SMILES string of the molecule is CCOC(=O)c1c(NC(=O)c2cc(-c3ccc(Br)cc3)nc3ccccc23)sc2c1CCCCCC2. The number of rotatable bonds is 5. The van der Waals surface area contributed by atoms with E-state index in [4.69, 9.17) is 9.72 Å². The maximum Gasteiger partial charge on any atom is 0.341 e. The summed E-state index contributed by atoms with van der Waals surface area (Å²) in [6.45, 7) is 2.10. The molecule has 0 bridgehead atoms. The van der Waals surface area contributed by atoms with Crippen molar-refractivity contribution in [3.63, 3.8) is 0 Å². The molecule has 0 saturated heterocycles. The number of para-hydroxylation sites is 1. The zero-order valence-electron chi connectivity index (χ0n) is 20.1. The number of carbonyl (C=O) groups is 2. The Labute approximate surface area is 223 Å². The van der Waals surface area contributed by atoms with Gasteiger partial charge in [-0.2, -0.15) is 0 Å². The van der Waals surface area contributed by atoms with E-state index in [0.29, 0.717) is 22.7 Å². The predicted molar refractivity (Wildman–Crippen MR) is 149 cm³/mol. The Balaban J connectivity index is 1.57. The number of esters is 1. The van der Waals surface area contributed by atoms with Gasteiger partial charge in [-0.05, 0) is 62.4 Å². The van der Waals surface area contributed by atoms with Gasteiger partial charge in [-0.25, -0.2) is 9.78 Å². The Morgan fingerprint density at radius 1 is 1.03 bits per heavy atom. The molecule has 2 heterocycles. The molecule has 4 aromatic rings. The minimum atomic E-state index is -0.360. The summed E-state index contributed by atoms with van der Waals surface area (Å²) >= 11 is 4.99. The smallest absolute Gasteiger partial charge is 0.341 e. The Morgan fingerprint density at radius 3 is 2.56 bits per heavy atom. The van der Waals surface area contributed by atoms with Gasteiger partial charge in [-0.1, -0.05) is 59.1 Å². The number of carbonyl (C=O) groups excluding carboxylic acids is 2. The Morgan fingerprint density at radius 2 is 1.78 bits per heavy atom. The number of thiophene rings is 1. The van der Waals surface area contributed by atoms with Crippen LogP contribution in [0.25, 0.3) is 22.2 Å². The molecule has 184 valence electrons. The van der Waals surface area contributed by atoms with Crippen LogP contribution in [0.3, 0.4) is 0 Å². The largest absolute Gasteiger partial charge is 0.462 e. The number of pyridine rings is 1. The van der Waals surface area contributed by atoms with Gasteiger partial charge in [0.2, 0.25) is 0 Å². The average Bonchev–Trinajstić information content (AvgIpc) is 3.19. The van der Waals surface area contributed by atoms with Crippen molar-refractivity contribution < 1.29 is 14.3 Å².